The molecule has 35 heavy (non-hydrogen) atoms. The van der Waals surface area contributed by atoms with E-state index in [2.05, 4.69) is 10.3 Å². The highest BCUT2D eigenvalue weighted by Gasteiger charge is 2.20. The van der Waals surface area contributed by atoms with Gasteiger partial charge in [0.25, 0.3) is 11.5 Å². The number of fused-ring (bicyclic) bond motifs is 3. The summed E-state index contributed by atoms with van der Waals surface area (Å²) in [6.45, 7) is 0.180. The first-order valence-corrected chi connectivity index (χ1v) is 12.4. The fraction of sp³-hybridized carbons (Fsp3) is 0.440. The maximum Gasteiger partial charge on any atom is 0.308 e. The zero-order chi connectivity index (χ0) is 24.8. The van der Waals surface area contributed by atoms with Crippen LogP contribution in [0.15, 0.2) is 29.3 Å². The summed E-state index contributed by atoms with van der Waals surface area (Å²) in [6.07, 6.45) is 6.18. The SMILES string of the molecule is COc1ccc(CCNC(=O)COC(=O)CCn2cnc3sc4c(c3c2=O)CCCC4)cc1OC. The molecule has 3 aromatic rings. The molecule has 0 radical (unpaired) electrons. The third-order valence-electron chi connectivity index (χ3n) is 6.05. The van der Waals surface area contributed by atoms with Gasteiger partial charge in [-0.2, -0.15) is 0 Å². The first-order chi connectivity index (χ1) is 17.0. The third kappa shape index (κ3) is 5.82. The number of rotatable bonds is 10. The van der Waals surface area contributed by atoms with E-state index >= 15 is 0 Å². The highest BCUT2D eigenvalue weighted by atomic mass is 32.1. The van der Waals surface area contributed by atoms with Crippen molar-refractivity contribution in [1.29, 1.82) is 0 Å². The molecule has 9 nitrogen and oxygen atoms in total. The Balaban J connectivity index is 1.22. The molecule has 0 spiro atoms. The van der Waals surface area contributed by atoms with Crippen LogP contribution in [0, 0.1) is 0 Å². The molecule has 10 heteroatoms. The van der Waals surface area contributed by atoms with Crippen LogP contribution in [0.4, 0.5) is 0 Å². The molecule has 0 bridgehead atoms. The second-order valence-corrected chi connectivity index (χ2v) is 9.42. The van der Waals surface area contributed by atoms with Crippen LogP contribution in [0.1, 0.15) is 35.3 Å². The van der Waals surface area contributed by atoms with Crippen molar-refractivity contribution >= 4 is 33.4 Å². The number of carbonyl (C=O) groups is 2. The number of amides is 1. The Morgan fingerprint density at radius 3 is 2.74 bits per heavy atom. The van der Waals surface area contributed by atoms with Crippen LogP contribution in [0.3, 0.4) is 0 Å². The average Bonchev–Trinajstić information content (AvgIpc) is 3.26. The van der Waals surface area contributed by atoms with Crippen molar-refractivity contribution < 1.29 is 23.8 Å². The van der Waals surface area contributed by atoms with E-state index in [9.17, 15) is 14.4 Å². The topological polar surface area (TPSA) is 109 Å². The van der Waals surface area contributed by atoms with Crippen molar-refractivity contribution in [3.05, 3.63) is 50.9 Å². The number of carbonyl (C=O) groups excluding carboxylic acids is 2. The van der Waals surface area contributed by atoms with Crippen molar-refractivity contribution in [2.45, 2.75) is 45.1 Å². The van der Waals surface area contributed by atoms with Crippen molar-refractivity contribution in [3.63, 3.8) is 0 Å². The van der Waals surface area contributed by atoms with Gasteiger partial charge in [-0.3, -0.25) is 19.0 Å². The Kier molecular flexibility index (Phi) is 8.02. The van der Waals surface area contributed by atoms with Gasteiger partial charge in [0.2, 0.25) is 0 Å². The third-order valence-corrected chi connectivity index (χ3v) is 7.25. The second kappa shape index (κ2) is 11.4. The monoisotopic (exact) mass is 499 g/mol. The highest BCUT2D eigenvalue weighted by Crippen LogP contribution is 2.33. The first kappa shape index (κ1) is 24.7. The summed E-state index contributed by atoms with van der Waals surface area (Å²) in [5.41, 5.74) is 1.98. The van der Waals surface area contributed by atoms with Gasteiger partial charge < -0.3 is 19.5 Å². The molecule has 1 amide bonds. The molecule has 1 aromatic carbocycles. The largest absolute Gasteiger partial charge is 0.493 e. The van der Waals surface area contributed by atoms with Crippen LogP contribution in [0.2, 0.25) is 0 Å². The Morgan fingerprint density at radius 1 is 1.14 bits per heavy atom. The molecule has 0 fully saturated rings. The van der Waals surface area contributed by atoms with E-state index in [1.54, 1.807) is 25.6 Å². The van der Waals surface area contributed by atoms with E-state index in [4.69, 9.17) is 14.2 Å². The number of aryl methyl sites for hydroxylation is 3. The van der Waals surface area contributed by atoms with E-state index in [0.29, 0.717) is 29.9 Å². The van der Waals surface area contributed by atoms with Gasteiger partial charge in [0, 0.05) is 18.0 Å². The maximum absolute atomic E-state index is 13.0. The molecule has 0 saturated heterocycles. The number of ether oxygens (including phenoxy) is 3. The zero-order valence-electron chi connectivity index (χ0n) is 19.9. The van der Waals surface area contributed by atoms with Crippen LogP contribution >= 0.6 is 11.3 Å². The number of benzene rings is 1. The van der Waals surface area contributed by atoms with Crippen LogP contribution in [0.5, 0.6) is 11.5 Å². The minimum Gasteiger partial charge on any atom is -0.493 e. The molecule has 4 rings (SSSR count). The smallest absolute Gasteiger partial charge is 0.308 e. The first-order valence-electron chi connectivity index (χ1n) is 11.6. The van der Waals surface area contributed by atoms with Crippen LogP contribution in [0.25, 0.3) is 10.2 Å². The molecule has 1 aliphatic rings. The van der Waals surface area contributed by atoms with Gasteiger partial charge in [-0.1, -0.05) is 6.07 Å². The summed E-state index contributed by atoms with van der Waals surface area (Å²) in [6, 6.07) is 5.56. The number of nitrogens with one attached hydrogen (secondary N) is 1. The number of esters is 1. The van der Waals surface area contributed by atoms with Crippen molar-refractivity contribution in [1.82, 2.24) is 14.9 Å². The number of methoxy groups -OCH3 is 2. The fourth-order valence-corrected chi connectivity index (χ4v) is 5.42. The van der Waals surface area contributed by atoms with Gasteiger partial charge in [-0.25, -0.2) is 4.98 Å². The molecule has 0 saturated carbocycles. The minimum absolute atomic E-state index is 0.0155. The molecule has 1 aliphatic carbocycles. The number of hydrogen-bond acceptors (Lipinski definition) is 8. The summed E-state index contributed by atoms with van der Waals surface area (Å²) in [7, 11) is 3.14. The standard InChI is InChI=1S/C25H29N3O6S/c1-32-18-8-7-16(13-19(18)33-2)9-11-26-21(29)14-34-22(30)10-12-28-15-27-24-23(25(28)31)17-5-3-4-6-20(17)35-24/h7-8,13,15H,3-6,9-12,14H2,1-2H3,(H,26,29). The van der Waals surface area contributed by atoms with Crippen LogP contribution in [-0.2, 0) is 40.1 Å². The lowest BCUT2D eigenvalue weighted by Gasteiger charge is -2.11. The lowest BCUT2D eigenvalue weighted by Crippen LogP contribution is -2.30. The van der Waals surface area contributed by atoms with Crippen molar-refractivity contribution in [2.24, 2.45) is 0 Å². The average molecular weight is 500 g/mol. The van der Waals surface area contributed by atoms with Gasteiger partial charge >= 0.3 is 5.97 Å². The number of nitrogens with zero attached hydrogens (tertiary/aromatic N) is 2. The molecule has 186 valence electrons. The molecule has 1 N–H and O–H groups in total. The van der Waals surface area contributed by atoms with Crippen molar-refractivity contribution in [3.8, 4) is 11.5 Å². The molecule has 0 aliphatic heterocycles. The number of aromatic nitrogens is 2. The van der Waals surface area contributed by atoms with E-state index in [1.807, 2.05) is 18.2 Å². The lowest BCUT2D eigenvalue weighted by atomic mass is 9.97. The fourth-order valence-electron chi connectivity index (χ4n) is 4.20. The molecule has 2 aromatic heterocycles. The van der Waals surface area contributed by atoms with E-state index in [-0.39, 0.29) is 31.0 Å². The van der Waals surface area contributed by atoms with Gasteiger partial charge in [0.15, 0.2) is 18.1 Å². The molecular weight excluding hydrogens is 470 g/mol. The van der Waals surface area contributed by atoms with Crippen molar-refractivity contribution in [2.75, 3.05) is 27.4 Å². The normalized spacial score (nSPS) is 12.7. The number of hydrogen-bond donors (Lipinski definition) is 1. The van der Waals surface area contributed by atoms with E-state index < -0.39 is 5.97 Å². The van der Waals surface area contributed by atoms with E-state index in [0.717, 1.165) is 41.6 Å². The molecular formula is C25H29N3O6S. The second-order valence-electron chi connectivity index (χ2n) is 8.33. The van der Waals surface area contributed by atoms with Gasteiger partial charge in [-0.05, 0) is 55.4 Å². The van der Waals surface area contributed by atoms with E-state index in [1.165, 1.54) is 15.8 Å². The Bertz CT molecular complexity index is 1280. The Labute approximate surface area is 207 Å². The lowest BCUT2D eigenvalue weighted by molar-refractivity contribution is -0.148. The summed E-state index contributed by atoms with van der Waals surface area (Å²) >= 11 is 1.59. The predicted octanol–water partition coefficient (Wildman–Crippen LogP) is 2.65. The molecule has 0 unspecified atom stereocenters. The Morgan fingerprint density at radius 2 is 1.94 bits per heavy atom. The summed E-state index contributed by atoms with van der Waals surface area (Å²) in [5, 5.41) is 3.42. The Hall–Kier alpha value is -3.40. The van der Waals surface area contributed by atoms with Gasteiger partial charge in [-0.15, -0.1) is 11.3 Å². The summed E-state index contributed by atoms with van der Waals surface area (Å²) in [5.74, 6) is 0.334. The molecule has 0 atom stereocenters. The van der Waals surface area contributed by atoms with Gasteiger partial charge in [0.1, 0.15) is 4.83 Å². The van der Waals surface area contributed by atoms with Gasteiger partial charge in [0.05, 0.1) is 32.4 Å². The summed E-state index contributed by atoms with van der Waals surface area (Å²) in [4.78, 5) is 43.6. The van der Waals surface area contributed by atoms with Crippen LogP contribution < -0.4 is 20.3 Å². The zero-order valence-corrected chi connectivity index (χ0v) is 20.7. The number of thiophene rings is 1. The summed E-state index contributed by atoms with van der Waals surface area (Å²) < 4.78 is 17.0. The highest BCUT2D eigenvalue weighted by molar-refractivity contribution is 7.18. The van der Waals surface area contributed by atoms with Crippen LogP contribution in [-0.4, -0.2) is 48.8 Å². The predicted molar refractivity (Wildman–Crippen MR) is 132 cm³/mol. The maximum atomic E-state index is 13.0. The minimum atomic E-state index is -0.542. The molecule has 2 heterocycles. The quantitative estimate of drug-likeness (QED) is 0.427.